The smallest absolute Gasteiger partial charge is 0.230 e. The van der Waals surface area contributed by atoms with Crippen molar-refractivity contribution >= 4 is 17.7 Å². The van der Waals surface area contributed by atoms with Gasteiger partial charge in [-0.2, -0.15) is 0 Å². The summed E-state index contributed by atoms with van der Waals surface area (Å²) in [5.41, 5.74) is -0.671. The molecule has 7 nitrogen and oxygen atoms in total. The number of carbonyl (C=O) groups excluding carboxylic acids is 1. The Labute approximate surface area is 115 Å². The average molecular weight is 283 g/mol. The fraction of sp³-hybridized carbons (Fsp3) is 0.818. The number of rotatable bonds is 6. The van der Waals surface area contributed by atoms with Crippen LogP contribution in [0.4, 0.5) is 0 Å². The zero-order valence-corrected chi connectivity index (χ0v) is 11.4. The Hall–Kier alpha value is -1.15. The number of nitrogens with one attached hydrogen (secondary N) is 1. The molecule has 19 heavy (non-hydrogen) atoms. The number of hydrogen-bond acceptors (Lipinski definition) is 6. The topological polar surface area (TPSA) is 92.9 Å². The van der Waals surface area contributed by atoms with Gasteiger partial charge in [-0.05, 0) is 42.5 Å². The minimum atomic E-state index is -0.671. The molecule has 0 aliphatic heterocycles. The van der Waals surface area contributed by atoms with E-state index < -0.39 is 5.60 Å². The van der Waals surface area contributed by atoms with Crippen molar-refractivity contribution in [3.63, 3.8) is 0 Å². The highest BCUT2D eigenvalue weighted by Gasteiger charge is 2.34. The van der Waals surface area contributed by atoms with Gasteiger partial charge in [-0.25, -0.2) is 4.68 Å². The Morgan fingerprint density at radius 1 is 1.53 bits per heavy atom. The fourth-order valence-electron chi connectivity index (χ4n) is 2.03. The number of amides is 1. The van der Waals surface area contributed by atoms with Crippen LogP contribution in [0.3, 0.4) is 0 Å². The first kappa shape index (κ1) is 12.9. The predicted molar refractivity (Wildman–Crippen MR) is 68.6 cm³/mol. The van der Waals surface area contributed by atoms with Gasteiger partial charge in [-0.3, -0.25) is 4.79 Å². The van der Waals surface area contributed by atoms with E-state index in [1.54, 1.807) is 4.68 Å². The molecule has 104 valence electrons. The number of hydrogen-bond donors (Lipinski definition) is 2. The van der Waals surface area contributed by atoms with E-state index in [1.807, 2.05) is 0 Å². The zero-order valence-electron chi connectivity index (χ0n) is 10.6. The fourth-order valence-corrected chi connectivity index (χ4v) is 2.81. The highest BCUT2D eigenvalue weighted by atomic mass is 32.2. The van der Waals surface area contributed by atoms with E-state index in [4.69, 9.17) is 0 Å². The first-order chi connectivity index (χ1) is 9.16. The first-order valence-electron chi connectivity index (χ1n) is 6.56. The van der Waals surface area contributed by atoms with Crippen molar-refractivity contribution in [2.75, 3.05) is 12.3 Å². The van der Waals surface area contributed by atoms with Gasteiger partial charge in [0.2, 0.25) is 11.1 Å². The van der Waals surface area contributed by atoms with Gasteiger partial charge in [0, 0.05) is 6.54 Å². The van der Waals surface area contributed by atoms with Crippen molar-refractivity contribution < 1.29 is 9.90 Å². The molecule has 2 saturated carbocycles. The highest BCUT2D eigenvalue weighted by Crippen LogP contribution is 2.36. The molecule has 0 aromatic carbocycles. The van der Waals surface area contributed by atoms with Gasteiger partial charge < -0.3 is 10.4 Å². The van der Waals surface area contributed by atoms with Crippen LogP contribution >= 0.6 is 11.8 Å². The van der Waals surface area contributed by atoms with Crippen LogP contribution in [0.5, 0.6) is 0 Å². The summed E-state index contributed by atoms with van der Waals surface area (Å²) < 4.78 is 1.79. The molecule has 0 bridgehead atoms. The van der Waals surface area contributed by atoms with E-state index in [2.05, 4.69) is 20.8 Å². The first-order valence-corrected chi connectivity index (χ1v) is 7.55. The van der Waals surface area contributed by atoms with E-state index >= 15 is 0 Å². The lowest BCUT2D eigenvalue weighted by atomic mass is 9.80. The lowest BCUT2D eigenvalue weighted by Crippen LogP contribution is -2.48. The van der Waals surface area contributed by atoms with Crippen LogP contribution in [0.15, 0.2) is 5.16 Å². The molecule has 2 fully saturated rings. The summed E-state index contributed by atoms with van der Waals surface area (Å²) in [6, 6.07) is 0.413. The number of nitrogens with zero attached hydrogens (tertiary/aromatic N) is 4. The molecule has 0 atom stereocenters. The molecule has 2 aliphatic rings. The molecule has 0 saturated heterocycles. The summed E-state index contributed by atoms with van der Waals surface area (Å²) in [5, 5.41) is 24.8. The van der Waals surface area contributed by atoms with Crippen molar-refractivity contribution in [2.24, 2.45) is 0 Å². The van der Waals surface area contributed by atoms with Crippen LogP contribution in [0.25, 0.3) is 0 Å². The van der Waals surface area contributed by atoms with Crippen LogP contribution in [-0.2, 0) is 4.79 Å². The van der Waals surface area contributed by atoms with Gasteiger partial charge >= 0.3 is 0 Å². The van der Waals surface area contributed by atoms with Crippen LogP contribution in [-0.4, -0.2) is 49.1 Å². The quantitative estimate of drug-likeness (QED) is 0.721. The van der Waals surface area contributed by atoms with Crippen molar-refractivity contribution in [2.45, 2.75) is 48.9 Å². The Balaban J connectivity index is 1.43. The van der Waals surface area contributed by atoms with Gasteiger partial charge in [0.25, 0.3) is 0 Å². The molecule has 0 unspecified atom stereocenters. The van der Waals surface area contributed by atoms with E-state index in [0.29, 0.717) is 17.7 Å². The van der Waals surface area contributed by atoms with Crippen LogP contribution in [0.2, 0.25) is 0 Å². The van der Waals surface area contributed by atoms with Gasteiger partial charge in [-0.1, -0.05) is 11.8 Å². The molecule has 1 heterocycles. The van der Waals surface area contributed by atoms with Crippen LogP contribution in [0, 0.1) is 0 Å². The normalized spacial score (nSPS) is 20.9. The van der Waals surface area contributed by atoms with E-state index in [-0.39, 0.29) is 11.7 Å². The van der Waals surface area contributed by atoms with Crippen molar-refractivity contribution in [3.8, 4) is 0 Å². The summed E-state index contributed by atoms with van der Waals surface area (Å²) in [6.07, 6.45) is 4.81. The predicted octanol–water partition coefficient (Wildman–Crippen LogP) is 0.131. The highest BCUT2D eigenvalue weighted by molar-refractivity contribution is 7.99. The summed E-state index contributed by atoms with van der Waals surface area (Å²) in [4.78, 5) is 11.7. The summed E-state index contributed by atoms with van der Waals surface area (Å²) >= 11 is 1.34. The minimum absolute atomic E-state index is 0.0873. The third-order valence-electron chi connectivity index (χ3n) is 3.59. The lowest BCUT2D eigenvalue weighted by molar-refractivity contribution is -0.121. The van der Waals surface area contributed by atoms with Crippen molar-refractivity contribution in [1.82, 2.24) is 25.5 Å². The number of aromatic nitrogens is 4. The Kier molecular flexibility index (Phi) is 3.44. The SMILES string of the molecule is O=C(CSc1nnnn1C1CC1)NCC1(O)CCC1. The Bertz CT molecular complexity index is 469. The summed E-state index contributed by atoms with van der Waals surface area (Å²) in [6.45, 7) is 0.347. The third kappa shape index (κ3) is 3.06. The minimum Gasteiger partial charge on any atom is -0.388 e. The van der Waals surface area contributed by atoms with Gasteiger partial charge in [-0.15, -0.1) is 5.10 Å². The second-order valence-electron chi connectivity index (χ2n) is 5.28. The van der Waals surface area contributed by atoms with E-state index in [9.17, 15) is 9.90 Å². The molecule has 2 N–H and O–H groups in total. The Morgan fingerprint density at radius 3 is 2.95 bits per heavy atom. The Morgan fingerprint density at radius 2 is 2.32 bits per heavy atom. The second kappa shape index (κ2) is 5.09. The second-order valence-corrected chi connectivity index (χ2v) is 6.22. The summed E-state index contributed by atoms with van der Waals surface area (Å²) in [7, 11) is 0. The maximum Gasteiger partial charge on any atom is 0.230 e. The molecule has 1 amide bonds. The molecule has 0 spiro atoms. The number of thioether (sulfide) groups is 1. The molecule has 3 rings (SSSR count). The number of tetrazole rings is 1. The van der Waals surface area contributed by atoms with Crippen LogP contribution in [0.1, 0.15) is 38.1 Å². The number of aliphatic hydroxyl groups is 1. The maximum absolute atomic E-state index is 11.7. The summed E-state index contributed by atoms with van der Waals surface area (Å²) in [5.74, 6) is 0.194. The molecule has 1 aromatic rings. The van der Waals surface area contributed by atoms with Crippen LogP contribution < -0.4 is 5.32 Å². The van der Waals surface area contributed by atoms with Crippen molar-refractivity contribution in [1.29, 1.82) is 0 Å². The maximum atomic E-state index is 11.7. The lowest BCUT2D eigenvalue weighted by Gasteiger charge is -2.36. The van der Waals surface area contributed by atoms with Crippen molar-refractivity contribution in [3.05, 3.63) is 0 Å². The average Bonchev–Trinajstić information content (AvgIpc) is 3.11. The standard InChI is InChI=1S/C11H17N5O2S/c17-9(12-7-11(18)4-1-5-11)6-19-10-13-14-15-16(10)8-2-3-8/h8,18H,1-7H2,(H,12,17). The molecule has 1 aromatic heterocycles. The van der Waals surface area contributed by atoms with E-state index in [1.165, 1.54) is 11.8 Å². The number of carbonyl (C=O) groups is 1. The molecule has 8 heteroatoms. The van der Waals surface area contributed by atoms with Gasteiger partial charge in [0.1, 0.15) is 0 Å². The molecule has 0 radical (unpaired) electrons. The van der Waals surface area contributed by atoms with Gasteiger partial charge in [0.15, 0.2) is 0 Å². The zero-order chi connectivity index (χ0) is 13.3. The van der Waals surface area contributed by atoms with E-state index in [0.717, 1.165) is 32.1 Å². The third-order valence-corrected chi connectivity index (χ3v) is 4.52. The molecule has 2 aliphatic carbocycles. The van der Waals surface area contributed by atoms with Gasteiger partial charge in [0.05, 0.1) is 17.4 Å². The molecular weight excluding hydrogens is 266 g/mol. The monoisotopic (exact) mass is 283 g/mol. The largest absolute Gasteiger partial charge is 0.388 e. The molecular formula is C11H17N5O2S.